The van der Waals surface area contributed by atoms with Gasteiger partial charge in [0.25, 0.3) is 5.91 Å². The average molecular weight is 421 g/mol. The van der Waals surface area contributed by atoms with Crippen LogP contribution in [0.4, 0.5) is 10.5 Å². The SMILES string of the molecule is Cc1c(Cl)cccc1NC(=O)C(C)N1C(=O)NC2(CCN(CC(C)C)CC2)C1=O. The number of carbonyl (C=O) groups is 3. The number of benzene rings is 1. The van der Waals surface area contributed by atoms with Crippen LogP contribution >= 0.6 is 11.6 Å². The molecule has 0 aliphatic carbocycles. The van der Waals surface area contributed by atoms with Crippen molar-refractivity contribution < 1.29 is 14.4 Å². The Hall–Kier alpha value is -2.12. The molecule has 0 saturated carbocycles. The van der Waals surface area contributed by atoms with Crippen molar-refractivity contribution in [2.45, 2.75) is 52.1 Å². The number of carbonyl (C=O) groups excluding carboxylic acids is 3. The molecule has 7 nitrogen and oxygen atoms in total. The third-order valence-corrected chi connectivity index (χ3v) is 6.23. The lowest BCUT2D eigenvalue weighted by molar-refractivity contribution is -0.137. The predicted molar refractivity (Wildman–Crippen MR) is 113 cm³/mol. The highest BCUT2D eigenvalue weighted by Gasteiger charge is 2.54. The number of urea groups is 1. The quantitative estimate of drug-likeness (QED) is 0.717. The maximum Gasteiger partial charge on any atom is 0.325 e. The van der Waals surface area contributed by atoms with Gasteiger partial charge in [-0.15, -0.1) is 0 Å². The van der Waals surface area contributed by atoms with Crippen LogP contribution in [0.1, 0.15) is 39.2 Å². The summed E-state index contributed by atoms with van der Waals surface area (Å²) in [5.74, 6) is -0.182. The predicted octanol–water partition coefficient (Wildman–Crippen LogP) is 3.02. The van der Waals surface area contributed by atoms with Gasteiger partial charge in [-0.25, -0.2) is 9.69 Å². The molecule has 1 aromatic rings. The van der Waals surface area contributed by atoms with E-state index in [1.165, 1.54) is 0 Å². The van der Waals surface area contributed by atoms with Crippen LogP contribution in [0.25, 0.3) is 0 Å². The molecule has 0 aromatic heterocycles. The van der Waals surface area contributed by atoms with Crippen molar-refractivity contribution >= 4 is 35.1 Å². The molecule has 1 unspecified atom stereocenters. The van der Waals surface area contributed by atoms with Crippen LogP contribution in [0.3, 0.4) is 0 Å². The van der Waals surface area contributed by atoms with Crippen molar-refractivity contribution in [3.63, 3.8) is 0 Å². The van der Waals surface area contributed by atoms with Crippen molar-refractivity contribution in [1.29, 1.82) is 0 Å². The molecule has 3 rings (SSSR count). The van der Waals surface area contributed by atoms with Gasteiger partial charge in [0.15, 0.2) is 0 Å². The molecule has 1 aromatic carbocycles. The Morgan fingerprint density at radius 2 is 1.90 bits per heavy atom. The summed E-state index contributed by atoms with van der Waals surface area (Å²) in [4.78, 5) is 41.9. The largest absolute Gasteiger partial charge is 0.325 e. The molecule has 4 amide bonds. The summed E-state index contributed by atoms with van der Waals surface area (Å²) in [7, 11) is 0. The molecule has 2 aliphatic heterocycles. The third kappa shape index (κ3) is 4.26. The first-order valence-electron chi connectivity index (χ1n) is 10.1. The van der Waals surface area contributed by atoms with Crippen LogP contribution in [0, 0.1) is 12.8 Å². The Balaban J connectivity index is 1.69. The maximum atomic E-state index is 13.2. The van der Waals surface area contributed by atoms with Crippen molar-refractivity contribution in [2.75, 3.05) is 25.0 Å². The van der Waals surface area contributed by atoms with Crippen LogP contribution in [0.5, 0.6) is 0 Å². The van der Waals surface area contributed by atoms with Crippen LogP contribution in [0.15, 0.2) is 18.2 Å². The first kappa shape index (κ1) is 21.6. The lowest BCUT2D eigenvalue weighted by atomic mass is 9.87. The summed E-state index contributed by atoms with van der Waals surface area (Å²) >= 11 is 6.11. The summed E-state index contributed by atoms with van der Waals surface area (Å²) in [5.41, 5.74) is 0.407. The van der Waals surface area contributed by atoms with Crippen LogP contribution in [0.2, 0.25) is 5.02 Å². The van der Waals surface area contributed by atoms with E-state index in [1.807, 2.05) is 0 Å². The zero-order valence-electron chi connectivity index (χ0n) is 17.4. The highest BCUT2D eigenvalue weighted by molar-refractivity contribution is 6.31. The lowest BCUT2D eigenvalue weighted by Crippen LogP contribution is -2.56. The van der Waals surface area contributed by atoms with Crippen LogP contribution < -0.4 is 10.6 Å². The van der Waals surface area contributed by atoms with E-state index in [-0.39, 0.29) is 5.91 Å². The standard InChI is InChI=1S/C21H29ClN4O3/c1-13(2)12-25-10-8-21(9-11-25)19(28)26(20(29)24-21)15(4)18(27)23-17-7-5-6-16(22)14(17)3/h5-7,13,15H,8-12H2,1-4H3,(H,23,27)(H,24,29). The topological polar surface area (TPSA) is 81.8 Å². The minimum absolute atomic E-state index is 0.308. The van der Waals surface area contributed by atoms with E-state index in [2.05, 4.69) is 29.4 Å². The molecule has 158 valence electrons. The monoisotopic (exact) mass is 420 g/mol. The number of amides is 4. The van der Waals surface area contributed by atoms with E-state index in [9.17, 15) is 14.4 Å². The molecule has 0 radical (unpaired) electrons. The number of piperidine rings is 1. The number of likely N-dealkylation sites (tertiary alicyclic amines) is 1. The van der Waals surface area contributed by atoms with Crippen LogP contribution in [-0.2, 0) is 9.59 Å². The molecule has 2 aliphatic rings. The fourth-order valence-corrected chi connectivity index (χ4v) is 4.24. The van der Waals surface area contributed by atoms with Crippen molar-refractivity contribution in [1.82, 2.24) is 15.1 Å². The maximum absolute atomic E-state index is 13.2. The molecule has 1 spiro atoms. The molecule has 2 heterocycles. The smallest absolute Gasteiger partial charge is 0.324 e. The first-order valence-corrected chi connectivity index (χ1v) is 10.5. The number of imide groups is 1. The van der Waals surface area contributed by atoms with E-state index >= 15 is 0 Å². The Morgan fingerprint density at radius 1 is 1.24 bits per heavy atom. The fraction of sp³-hybridized carbons (Fsp3) is 0.571. The first-order chi connectivity index (χ1) is 13.6. The van der Waals surface area contributed by atoms with E-state index < -0.39 is 23.5 Å². The Kier molecular flexibility index (Phi) is 6.19. The summed E-state index contributed by atoms with van der Waals surface area (Å²) in [6.45, 7) is 10.2. The normalized spacial score (nSPS) is 20.3. The zero-order chi connectivity index (χ0) is 21.3. The molecule has 2 fully saturated rings. The highest BCUT2D eigenvalue weighted by Crippen LogP contribution is 2.31. The number of anilines is 1. The summed E-state index contributed by atoms with van der Waals surface area (Å²) in [5, 5.41) is 6.20. The second-order valence-corrected chi connectivity index (χ2v) is 8.87. The second-order valence-electron chi connectivity index (χ2n) is 8.46. The molecule has 2 saturated heterocycles. The fourth-order valence-electron chi connectivity index (χ4n) is 4.06. The minimum atomic E-state index is -0.922. The van der Waals surface area contributed by atoms with Crippen molar-refractivity contribution in [2.24, 2.45) is 5.92 Å². The van der Waals surface area contributed by atoms with Gasteiger partial charge in [-0.2, -0.15) is 0 Å². The molecule has 1 atom stereocenters. The van der Waals surface area contributed by atoms with Gasteiger partial charge in [0, 0.05) is 30.3 Å². The number of nitrogens with one attached hydrogen (secondary N) is 2. The van der Waals surface area contributed by atoms with Gasteiger partial charge in [0.1, 0.15) is 11.6 Å². The van der Waals surface area contributed by atoms with Crippen molar-refractivity contribution in [3.8, 4) is 0 Å². The van der Waals surface area contributed by atoms with Gasteiger partial charge in [0.05, 0.1) is 0 Å². The Labute approximate surface area is 176 Å². The van der Waals surface area contributed by atoms with Gasteiger partial charge in [-0.3, -0.25) is 9.59 Å². The summed E-state index contributed by atoms with van der Waals surface area (Å²) in [6, 6.07) is 3.79. The van der Waals surface area contributed by atoms with Crippen molar-refractivity contribution in [3.05, 3.63) is 28.8 Å². The Morgan fingerprint density at radius 3 is 2.52 bits per heavy atom. The molecule has 29 heavy (non-hydrogen) atoms. The number of hydrogen-bond acceptors (Lipinski definition) is 4. The molecule has 8 heteroatoms. The molecular formula is C21H29ClN4O3. The minimum Gasteiger partial charge on any atom is -0.324 e. The van der Waals surface area contributed by atoms with E-state index in [1.54, 1.807) is 32.0 Å². The van der Waals surface area contributed by atoms with E-state index in [0.717, 1.165) is 30.1 Å². The zero-order valence-corrected chi connectivity index (χ0v) is 18.2. The second kappa shape index (κ2) is 8.32. The Bertz CT molecular complexity index is 818. The number of hydrogen-bond donors (Lipinski definition) is 2. The summed E-state index contributed by atoms with van der Waals surface area (Å²) in [6.07, 6.45) is 1.12. The molecular weight excluding hydrogens is 392 g/mol. The van der Waals surface area contributed by atoms with Gasteiger partial charge >= 0.3 is 6.03 Å². The van der Waals surface area contributed by atoms with Gasteiger partial charge < -0.3 is 15.5 Å². The average Bonchev–Trinajstić information content (AvgIpc) is 2.90. The third-order valence-electron chi connectivity index (χ3n) is 5.82. The lowest BCUT2D eigenvalue weighted by Gasteiger charge is -2.38. The number of rotatable bonds is 5. The van der Waals surface area contributed by atoms with Crippen LogP contribution in [-0.4, -0.2) is 58.9 Å². The number of nitrogens with zero attached hydrogens (tertiary/aromatic N) is 2. The molecule has 0 bridgehead atoms. The summed E-state index contributed by atoms with van der Waals surface area (Å²) < 4.78 is 0. The van der Waals surface area contributed by atoms with Gasteiger partial charge in [0.2, 0.25) is 5.91 Å². The molecule has 2 N–H and O–H groups in total. The van der Waals surface area contributed by atoms with E-state index in [4.69, 9.17) is 11.6 Å². The number of halogens is 1. The van der Waals surface area contributed by atoms with E-state index in [0.29, 0.717) is 29.5 Å². The van der Waals surface area contributed by atoms with Gasteiger partial charge in [-0.1, -0.05) is 31.5 Å². The highest BCUT2D eigenvalue weighted by atomic mass is 35.5. The van der Waals surface area contributed by atoms with Gasteiger partial charge in [-0.05, 0) is 50.3 Å².